The van der Waals surface area contributed by atoms with E-state index in [2.05, 4.69) is 4.98 Å². The number of carboxylic acid groups (broad SMARTS) is 1. The van der Waals surface area contributed by atoms with Gasteiger partial charge < -0.3 is 19.7 Å². The number of benzene rings is 2. The Morgan fingerprint density at radius 3 is 2.70 bits per heavy atom. The standard InChI is InChI=1S/C22H19N3O5/c1-22-18-13(15-11-12(30-2)7-8-16(15)23-18)9-10-24(22)21(29)25(20(22)28)17-6-4-3-5-14(17)19(26)27/h3-8,11,23H,9-10H2,1-2H3,(H,26,27)/t22-/m1/s1. The number of rotatable bonds is 3. The number of H-pyrrole nitrogens is 1. The molecule has 8 nitrogen and oxygen atoms in total. The summed E-state index contributed by atoms with van der Waals surface area (Å²) in [6, 6.07) is 11.2. The molecule has 0 unspecified atom stereocenters. The average Bonchev–Trinajstić information content (AvgIpc) is 3.21. The smallest absolute Gasteiger partial charge is 0.337 e. The Balaban J connectivity index is 1.69. The van der Waals surface area contributed by atoms with E-state index in [0.29, 0.717) is 24.4 Å². The zero-order valence-corrected chi connectivity index (χ0v) is 16.4. The van der Waals surface area contributed by atoms with E-state index in [9.17, 15) is 19.5 Å². The maximum absolute atomic E-state index is 13.6. The molecule has 2 aliphatic rings. The number of hydrogen-bond acceptors (Lipinski definition) is 4. The van der Waals surface area contributed by atoms with Crippen LogP contribution >= 0.6 is 0 Å². The topological polar surface area (TPSA) is 103 Å². The van der Waals surface area contributed by atoms with Crippen LogP contribution in [-0.4, -0.2) is 46.6 Å². The highest BCUT2D eigenvalue weighted by Gasteiger charge is 2.59. The lowest BCUT2D eigenvalue weighted by molar-refractivity contribution is -0.125. The zero-order chi connectivity index (χ0) is 21.2. The molecule has 3 aromatic rings. The van der Waals surface area contributed by atoms with Crippen LogP contribution in [0.5, 0.6) is 5.75 Å². The lowest BCUT2D eigenvalue weighted by atomic mass is 9.87. The second-order valence-corrected chi connectivity index (χ2v) is 7.61. The number of aromatic nitrogens is 1. The van der Waals surface area contributed by atoms with Crippen molar-refractivity contribution in [2.75, 3.05) is 18.6 Å². The van der Waals surface area contributed by atoms with Gasteiger partial charge in [-0.3, -0.25) is 4.79 Å². The summed E-state index contributed by atoms with van der Waals surface area (Å²) in [7, 11) is 1.60. The molecular formula is C22H19N3O5. The lowest BCUT2D eigenvalue weighted by Crippen LogP contribution is -2.49. The van der Waals surface area contributed by atoms with Crippen LogP contribution in [0.15, 0.2) is 42.5 Å². The predicted molar refractivity (Wildman–Crippen MR) is 109 cm³/mol. The first kappa shape index (κ1) is 18.2. The van der Waals surface area contributed by atoms with Gasteiger partial charge in [-0.15, -0.1) is 0 Å². The molecule has 30 heavy (non-hydrogen) atoms. The van der Waals surface area contributed by atoms with Crippen molar-refractivity contribution < 1.29 is 24.2 Å². The Morgan fingerprint density at radius 1 is 1.20 bits per heavy atom. The molecule has 1 aromatic heterocycles. The van der Waals surface area contributed by atoms with E-state index in [-0.39, 0.29) is 11.3 Å². The molecule has 3 amide bonds. The first-order valence-corrected chi connectivity index (χ1v) is 9.55. The van der Waals surface area contributed by atoms with Crippen LogP contribution in [-0.2, 0) is 16.8 Å². The molecule has 2 aliphatic heterocycles. The van der Waals surface area contributed by atoms with E-state index in [1.54, 1.807) is 26.2 Å². The summed E-state index contributed by atoms with van der Waals surface area (Å²) in [5, 5.41) is 10.5. The first-order valence-electron chi connectivity index (χ1n) is 9.55. The van der Waals surface area contributed by atoms with Gasteiger partial charge in [-0.2, -0.15) is 0 Å². The van der Waals surface area contributed by atoms with Gasteiger partial charge in [0.15, 0.2) is 5.54 Å². The molecule has 0 saturated carbocycles. The van der Waals surface area contributed by atoms with E-state index in [1.165, 1.54) is 17.0 Å². The van der Waals surface area contributed by atoms with Crippen LogP contribution in [0.4, 0.5) is 10.5 Å². The van der Waals surface area contributed by atoms with Crippen LogP contribution in [0.25, 0.3) is 10.9 Å². The summed E-state index contributed by atoms with van der Waals surface area (Å²) in [4.78, 5) is 44.4. The number of para-hydroxylation sites is 1. The number of methoxy groups -OCH3 is 1. The highest BCUT2D eigenvalue weighted by molar-refractivity contribution is 6.25. The molecule has 0 aliphatic carbocycles. The zero-order valence-electron chi connectivity index (χ0n) is 16.4. The van der Waals surface area contributed by atoms with Crippen molar-refractivity contribution in [3.63, 3.8) is 0 Å². The van der Waals surface area contributed by atoms with Gasteiger partial charge in [0.05, 0.1) is 24.1 Å². The monoisotopic (exact) mass is 405 g/mol. The van der Waals surface area contributed by atoms with Crippen LogP contribution < -0.4 is 9.64 Å². The Morgan fingerprint density at radius 2 is 1.97 bits per heavy atom. The van der Waals surface area contributed by atoms with Gasteiger partial charge in [0, 0.05) is 17.4 Å². The number of carboxylic acids is 1. The molecule has 1 fully saturated rings. The summed E-state index contributed by atoms with van der Waals surface area (Å²) < 4.78 is 5.33. The molecule has 1 saturated heterocycles. The fourth-order valence-electron chi connectivity index (χ4n) is 4.61. The summed E-state index contributed by atoms with van der Waals surface area (Å²) in [6.07, 6.45) is 0.575. The fourth-order valence-corrected chi connectivity index (χ4v) is 4.61. The number of ether oxygens (including phenoxy) is 1. The highest BCUT2D eigenvalue weighted by Crippen LogP contribution is 2.46. The number of aromatic amines is 1. The number of urea groups is 1. The summed E-state index contributed by atoms with van der Waals surface area (Å²) in [5.74, 6) is -0.956. The Kier molecular flexibility index (Phi) is 3.70. The molecule has 0 bridgehead atoms. The molecule has 5 rings (SSSR count). The molecule has 0 spiro atoms. The molecular weight excluding hydrogens is 386 g/mol. The number of nitrogens with zero attached hydrogens (tertiary/aromatic N) is 2. The third-order valence-corrected chi connectivity index (χ3v) is 6.14. The van der Waals surface area contributed by atoms with Crippen molar-refractivity contribution in [3.8, 4) is 5.75 Å². The number of carbonyl (C=O) groups excluding carboxylic acids is 2. The molecule has 2 N–H and O–H groups in total. The number of imide groups is 1. The number of amides is 3. The molecule has 3 heterocycles. The van der Waals surface area contributed by atoms with Gasteiger partial charge in [0.2, 0.25) is 0 Å². The number of hydrogen-bond donors (Lipinski definition) is 2. The van der Waals surface area contributed by atoms with Gasteiger partial charge in [0.25, 0.3) is 5.91 Å². The molecule has 0 radical (unpaired) electrons. The van der Waals surface area contributed by atoms with Gasteiger partial charge in [-0.25, -0.2) is 14.5 Å². The van der Waals surface area contributed by atoms with E-state index in [4.69, 9.17) is 4.74 Å². The quantitative estimate of drug-likeness (QED) is 0.652. The number of nitrogens with one attached hydrogen (secondary N) is 1. The van der Waals surface area contributed by atoms with Crippen molar-refractivity contribution in [1.82, 2.24) is 9.88 Å². The fraction of sp³-hybridized carbons (Fsp3) is 0.227. The van der Waals surface area contributed by atoms with Crippen LogP contribution in [0.3, 0.4) is 0 Å². The molecule has 152 valence electrons. The van der Waals surface area contributed by atoms with E-state index in [0.717, 1.165) is 21.4 Å². The maximum Gasteiger partial charge on any atom is 0.337 e. The maximum atomic E-state index is 13.6. The van der Waals surface area contributed by atoms with Gasteiger partial charge in [0.1, 0.15) is 5.75 Å². The lowest BCUT2D eigenvalue weighted by Gasteiger charge is -2.35. The third kappa shape index (κ3) is 2.18. The van der Waals surface area contributed by atoms with Gasteiger partial charge >= 0.3 is 12.0 Å². The van der Waals surface area contributed by atoms with E-state index in [1.807, 2.05) is 18.2 Å². The largest absolute Gasteiger partial charge is 0.497 e. The number of aromatic carboxylic acids is 1. The number of carbonyl (C=O) groups is 3. The predicted octanol–water partition coefficient (Wildman–Crippen LogP) is 3.11. The number of anilines is 1. The molecule has 8 heteroatoms. The third-order valence-electron chi connectivity index (χ3n) is 6.14. The summed E-state index contributed by atoms with van der Waals surface area (Å²) in [6.45, 7) is 2.06. The van der Waals surface area contributed by atoms with Gasteiger partial charge in [-0.05, 0) is 49.2 Å². The van der Waals surface area contributed by atoms with Crippen LogP contribution in [0.2, 0.25) is 0 Å². The SMILES string of the molecule is COc1ccc2[nH]c3c(c2c1)CCN1C(=O)N(c2ccccc2C(=O)O)C(=O)[C@@]31C. The Bertz CT molecular complexity index is 1250. The van der Waals surface area contributed by atoms with E-state index >= 15 is 0 Å². The molecule has 2 aromatic carbocycles. The van der Waals surface area contributed by atoms with Gasteiger partial charge in [-0.1, -0.05) is 12.1 Å². The Labute approximate surface area is 171 Å². The average molecular weight is 405 g/mol. The summed E-state index contributed by atoms with van der Waals surface area (Å²) in [5.41, 5.74) is 1.22. The van der Waals surface area contributed by atoms with Crippen molar-refractivity contribution in [1.29, 1.82) is 0 Å². The summed E-state index contributed by atoms with van der Waals surface area (Å²) >= 11 is 0. The van der Waals surface area contributed by atoms with Crippen LogP contribution in [0, 0.1) is 0 Å². The first-order chi connectivity index (χ1) is 14.4. The minimum atomic E-state index is -1.25. The van der Waals surface area contributed by atoms with Crippen molar-refractivity contribution in [2.45, 2.75) is 18.9 Å². The van der Waals surface area contributed by atoms with Crippen molar-refractivity contribution >= 4 is 34.5 Å². The normalized spacial score (nSPS) is 20.5. The van der Waals surface area contributed by atoms with Crippen LogP contribution in [0.1, 0.15) is 28.5 Å². The number of fused-ring (bicyclic) bond motifs is 5. The van der Waals surface area contributed by atoms with E-state index < -0.39 is 23.4 Å². The minimum absolute atomic E-state index is 0.0787. The van der Waals surface area contributed by atoms with Crippen molar-refractivity contribution in [2.24, 2.45) is 0 Å². The second-order valence-electron chi connectivity index (χ2n) is 7.61. The van der Waals surface area contributed by atoms with Crippen molar-refractivity contribution in [3.05, 3.63) is 59.3 Å². The Hall–Kier alpha value is -3.81. The minimum Gasteiger partial charge on any atom is -0.497 e. The highest BCUT2D eigenvalue weighted by atomic mass is 16.5. The molecule has 1 atom stereocenters. The second kappa shape index (κ2) is 6.09.